The summed E-state index contributed by atoms with van der Waals surface area (Å²) < 4.78 is 0. The second-order valence-corrected chi connectivity index (χ2v) is 1.29. The summed E-state index contributed by atoms with van der Waals surface area (Å²) in [7, 11) is 3.26. The molecule has 0 rings (SSSR count). The van der Waals surface area contributed by atoms with E-state index in [1.807, 2.05) is 0 Å². The maximum absolute atomic E-state index is 9.82. The van der Waals surface area contributed by atoms with Crippen LogP contribution in [0.2, 0.25) is 0 Å². The van der Waals surface area contributed by atoms with Gasteiger partial charge in [-0.15, -0.1) is 5.43 Å². The highest BCUT2D eigenvalue weighted by molar-refractivity contribution is 5.70. The molecule has 0 aromatic rings. The van der Waals surface area contributed by atoms with Crippen molar-refractivity contribution in [1.29, 1.82) is 0 Å². The second kappa shape index (κ2) is 2.41. The lowest BCUT2D eigenvalue weighted by Gasteiger charge is -2.02. The summed E-state index contributed by atoms with van der Waals surface area (Å²) in [5.41, 5.74) is 7.90. The summed E-state index contributed by atoms with van der Waals surface area (Å²) >= 11 is 0. The molecular weight excluding hydrogens is 94.1 g/mol. The Kier molecular flexibility index (Phi) is 2.15. The summed E-state index contributed by atoms with van der Waals surface area (Å²) in [6.45, 7) is 0. The third-order valence-electron chi connectivity index (χ3n) is 0.299. The van der Waals surface area contributed by atoms with Gasteiger partial charge in [-0.25, -0.2) is 9.80 Å². The zero-order valence-corrected chi connectivity index (χ0v) is 4.38. The minimum atomic E-state index is -0.662. The molecule has 0 aliphatic rings. The average molecular weight is 102 g/mol. The molecule has 1 radical (unpaired) electrons. The van der Waals surface area contributed by atoms with Crippen molar-refractivity contribution in [3.8, 4) is 0 Å². The highest BCUT2D eigenvalue weighted by atomic mass is 16.2. The molecule has 0 aliphatic carbocycles. The van der Waals surface area contributed by atoms with Crippen molar-refractivity contribution in [2.45, 2.75) is 0 Å². The topological polar surface area (TPSA) is 60.4 Å². The fourth-order valence-electron chi connectivity index (χ4n) is 0.197. The van der Waals surface area contributed by atoms with Gasteiger partial charge in [-0.2, -0.15) is 0 Å². The van der Waals surface area contributed by atoms with Crippen LogP contribution in [0.15, 0.2) is 0 Å². The third-order valence-corrected chi connectivity index (χ3v) is 0.299. The van der Waals surface area contributed by atoms with E-state index in [0.717, 1.165) is 0 Å². The van der Waals surface area contributed by atoms with Crippen LogP contribution >= 0.6 is 0 Å². The Labute approximate surface area is 42.3 Å². The van der Waals surface area contributed by atoms with Crippen LogP contribution in [-0.2, 0) is 0 Å². The predicted octanol–water partition coefficient (Wildman–Crippen LogP) is -0.854. The standard InChI is InChI=1S/C3H8N3O/c1-6(2)5-3(4)7/h1-2H3,(H2,4,7). The van der Waals surface area contributed by atoms with Crippen LogP contribution < -0.4 is 11.2 Å². The first-order valence-corrected chi connectivity index (χ1v) is 1.81. The van der Waals surface area contributed by atoms with Gasteiger partial charge in [0, 0.05) is 14.1 Å². The van der Waals surface area contributed by atoms with Gasteiger partial charge in [0.1, 0.15) is 0 Å². The van der Waals surface area contributed by atoms with Crippen molar-refractivity contribution >= 4 is 6.03 Å². The van der Waals surface area contributed by atoms with E-state index in [1.54, 1.807) is 14.1 Å². The molecule has 0 aromatic heterocycles. The van der Waals surface area contributed by atoms with E-state index in [0.29, 0.717) is 0 Å². The summed E-state index contributed by atoms with van der Waals surface area (Å²) in [6.07, 6.45) is 0. The second-order valence-electron chi connectivity index (χ2n) is 1.29. The van der Waals surface area contributed by atoms with Crippen LogP contribution in [0.4, 0.5) is 4.79 Å². The molecule has 0 aliphatic heterocycles. The first-order chi connectivity index (χ1) is 3.13. The Morgan fingerprint density at radius 2 is 2.14 bits per heavy atom. The van der Waals surface area contributed by atoms with Crippen LogP contribution in [0.25, 0.3) is 0 Å². The maximum atomic E-state index is 9.82. The molecule has 2 amide bonds. The third kappa shape index (κ3) is 5.23. The van der Waals surface area contributed by atoms with Crippen LogP contribution in [0.3, 0.4) is 0 Å². The summed E-state index contributed by atoms with van der Waals surface area (Å²) in [5.74, 6) is 0. The number of nitrogens with two attached hydrogens (primary N) is 1. The van der Waals surface area contributed by atoms with Crippen molar-refractivity contribution in [1.82, 2.24) is 10.4 Å². The Hall–Kier alpha value is -0.770. The minimum Gasteiger partial charge on any atom is -0.349 e. The predicted molar refractivity (Wildman–Crippen MR) is 25.4 cm³/mol. The molecule has 41 valence electrons. The van der Waals surface area contributed by atoms with Gasteiger partial charge in [-0.3, -0.25) is 0 Å². The number of rotatable bonds is 1. The minimum absolute atomic E-state index is 0.662. The van der Waals surface area contributed by atoms with Gasteiger partial charge in [0.05, 0.1) is 0 Å². The first-order valence-electron chi connectivity index (χ1n) is 1.81. The number of hydrogen-bond donors (Lipinski definition) is 1. The van der Waals surface area contributed by atoms with E-state index in [1.165, 1.54) is 5.01 Å². The van der Waals surface area contributed by atoms with E-state index in [4.69, 9.17) is 0 Å². The zero-order chi connectivity index (χ0) is 5.86. The van der Waals surface area contributed by atoms with Gasteiger partial charge in [0.15, 0.2) is 0 Å². The first kappa shape index (κ1) is 6.23. The number of carbonyl (C=O) groups excluding carboxylic acids is 1. The number of primary amides is 1. The van der Waals surface area contributed by atoms with Crippen molar-refractivity contribution < 1.29 is 4.79 Å². The lowest BCUT2D eigenvalue weighted by atomic mass is 11.0. The van der Waals surface area contributed by atoms with Crippen molar-refractivity contribution in [2.75, 3.05) is 14.1 Å². The highest BCUT2D eigenvalue weighted by Crippen LogP contribution is 1.63. The number of urea groups is 1. The summed E-state index contributed by atoms with van der Waals surface area (Å²) in [5, 5.41) is 1.35. The largest absolute Gasteiger partial charge is 0.350 e. The number of amides is 2. The van der Waals surface area contributed by atoms with E-state index >= 15 is 0 Å². The molecule has 2 N–H and O–H groups in total. The molecule has 4 heteroatoms. The van der Waals surface area contributed by atoms with E-state index < -0.39 is 6.03 Å². The quantitative estimate of drug-likeness (QED) is 0.438. The van der Waals surface area contributed by atoms with Gasteiger partial charge < -0.3 is 5.73 Å². The summed E-state index contributed by atoms with van der Waals surface area (Å²) in [6, 6.07) is -0.662. The smallest absolute Gasteiger partial charge is 0.349 e. The number of hydrogen-bond acceptors (Lipinski definition) is 2. The Balaban J connectivity index is 3.13. The lowest BCUT2D eigenvalue weighted by Crippen LogP contribution is -2.32. The van der Waals surface area contributed by atoms with Gasteiger partial charge in [-0.1, -0.05) is 0 Å². The molecular formula is C3H8N3O. The van der Waals surface area contributed by atoms with Crippen molar-refractivity contribution in [3.63, 3.8) is 0 Å². The molecule has 0 aromatic carbocycles. The van der Waals surface area contributed by atoms with Crippen LogP contribution in [0.5, 0.6) is 0 Å². The van der Waals surface area contributed by atoms with Crippen LogP contribution in [0, 0.1) is 0 Å². The number of nitrogens with zero attached hydrogens (tertiary/aromatic N) is 2. The van der Waals surface area contributed by atoms with Crippen molar-refractivity contribution in [3.05, 3.63) is 0 Å². The molecule has 0 unspecified atom stereocenters. The Morgan fingerprint density at radius 1 is 1.71 bits per heavy atom. The van der Waals surface area contributed by atoms with Gasteiger partial charge in [0.25, 0.3) is 0 Å². The zero-order valence-electron chi connectivity index (χ0n) is 4.38. The number of carbonyl (C=O) groups is 1. The monoisotopic (exact) mass is 102 g/mol. The molecule has 0 bridgehead atoms. The van der Waals surface area contributed by atoms with E-state index in [2.05, 4.69) is 11.2 Å². The highest BCUT2D eigenvalue weighted by Gasteiger charge is 1.92. The molecule has 0 heterocycles. The normalized spacial score (nSPS) is 9.00. The average Bonchev–Trinajstić information content (AvgIpc) is 1.27. The lowest BCUT2D eigenvalue weighted by molar-refractivity contribution is 0.218. The van der Waals surface area contributed by atoms with Crippen molar-refractivity contribution in [2.24, 2.45) is 5.73 Å². The summed E-state index contributed by atoms with van der Waals surface area (Å²) in [4.78, 5) is 9.82. The molecule has 7 heavy (non-hydrogen) atoms. The fourth-order valence-corrected chi connectivity index (χ4v) is 0.197. The van der Waals surface area contributed by atoms with E-state index in [-0.39, 0.29) is 0 Å². The van der Waals surface area contributed by atoms with Crippen LogP contribution in [-0.4, -0.2) is 25.1 Å². The van der Waals surface area contributed by atoms with Gasteiger partial charge in [-0.05, 0) is 0 Å². The molecule has 0 fully saturated rings. The molecule has 0 spiro atoms. The van der Waals surface area contributed by atoms with Crippen LogP contribution in [0.1, 0.15) is 0 Å². The van der Waals surface area contributed by atoms with Gasteiger partial charge >= 0.3 is 6.03 Å². The molecule has 4 nitrogen and oxygen atoms in total. The SMILES string of the molecule is CN(C)[N]C(N)=O. The molecule has 0 saturated carbocycles. The Bertz CT molecular complexity index is 70.6. The molecule has 0 atom stereocenters. The molecule has 0 saturated heterocycles. The van der Waals surface area contributed by atoms with Gasteiger partial charge in [0.2, 0.25) is 0 Å². The van der Waals surface area contributed by atoms with E-state index in [9.17, 15) is 4.79 Å². The Morgan fingerprint density at radius 3 is 2.14 bits per heavy atom. The maximum Gasteiger partial charge on any atom is 0.350 e. The fraction of sp³-hybridized carbons (Fsp3) is 0.667.